The maximum absolute atomic E-state index is 13.3. The van der Waals surface area contributed by atoms with Gasteiger partial charge >= 0.3 is 5.97 Å². The number of ether oxygens (including phenoxy) is 3. The van der Waals surface area contributed by atoms with E-state index in [2.05, 4.69) is 15.9 Å². The molecule has 1 atom stereocenters. The lowest BCUT2D eigenvalue weighted by Crippen LogP contribution is -2.40. The summed E-state index contributed by atoms with van der Waals surface area (Å²) in [4.78, 5) is 28.2. The van der Waals surface area contributed by atoms with E-state index in [1.54, 1.807) is 26.4 Å². The van der Waals surface area contributed by atoms with Crippen molar-refractivity contribution in [3.8, 4) is 11.5 Å². The van der Waals surface area contributed by atoms with Gasteiger partial charge in [-0.05, 0) is 54.8 Å². The zero-order chi connectivity index (χ0) is 23.7. The summed E-state index contributed by atoms with van der Waals surface area (Å²) in [5.74, 6) is 0.0309. The summed E-state index contributed by atoms with van der Waals surface area (Å²) in [6.45, 7) is 0. The maximum Gasteiger partial charge on any atom is 0.338 e. The number of carbonyl (C=O) groups excluding carboxylic acids is 2. The Morgan fingerprint density at radius 1 is 1.03 bits per heavy atom. The number of allylic oxidation sites excluding steroid dienone is 2. The van der Waals surface area contributed by atoms with Crippen LogP contribution in [0.25, 0.3) is 0 Å². The van der Waals surface area contributed by atoms with Crippen LogP contribution < -0.4 is 20.1 Å². The molecule has 2 aromatic rings. The number of ketones is 1. The van der Waals surface area contributed by atoms with Gasteiger partial charge in [0.05, 0.1) is 32.8 Å². The average molecular weight is 513 g/mol. The number of nitrogens with zero attached hydrogens (tertiary/aromatic N) is 1. The summed E-state index contributed by atoms with van der Waals surface area (Å²) in [5.41, 5.74) is 9.73. The van der Waals surface area contributed by atoms with Crippen LogP contribution in [-0.2, 0) is 14.3 Å². The molecule has 7 nitrogen and oxygen atoms in total. The third-order valence-electron chi connectivity index (χ3n) is 6.02. The van der Waals surface area contributed by atoms with Crippen molar-refractivity contribution in [1.29, 1.82) is 0 Å². The Hall–Kier alpha value is -3.26. The van der Waals surface area contributed by atoms with Crippen LogP contribution in [-0.4, -0.2) is 33.1 Å². The fourth-order valence-corrected chi connectivity index (χ4v) is 4.81. The Bertz CT molecular complexity index is 1170. The predicted octanol–water partition coefficient (Wildman–Crippen LogP) is 4.42. The minimum absolute atomic E-state index is 0.00736. The summed E-state index contributed by atoms with van der Waals surface area (Å²) in [6, 6.07) is 12.9. The monoisotopic (exact) mass is 512 g/mol. The van der Waals surface area contributed by atoms with E-state index in [9.17, 15) is 9.59 Å². The minimum atomic E-state index is -0.674. The molecule has 0 fully saturated rings. The van der Waals surface area contributed by atoms with Crippen LogP contribution in [0.1, 0.15) is 30.7 Å². The number of nitrogens with two attached hydrogens (primary N) is 1. The number of hydrogen-bond donors (Lipinski definition) is 1. The molecule has 0 aromatic heterocycles. The third kappa shape index (κ3) is 3.99. The summed E-state index contributed by atoms with van der Waals surface area (Å²) < 4.78 is 16.9. The number of rotatable bonds is 5. The minimum Gasteiger partial charge on any atom is -0.493 e. The Morgan fingerprint density at radius 2 is 1.73 bits per heavy atom. The first-order chi connectivity index (χ1) is 15.9. The Morgan fingerprint density at radius 3 is 2.36 bits per heavy atom. The molecule has 8 heteroatoms. The Labute approximate surface area is 200 Å². The van der Waals surface area contributed by atoms with Crippen molar-refractivity contribution in [2.75, 3.05) is 26.2 Å². The molecule has 4 rings (SSSR count). The number of hydrogen-bond acceptors (Lipinski definition) is 7. The van der Waals surface area contributed by atoms with Gasteiger partial charge in [0, 0.05) is 27.9 Å². The first-order valence-corrected chi connectivity index (χ1v) is 11.3. The van der Waals surface area contributed by atoms with Crippen molar-refractivity contribution in [1.82, 2.24) is 0 Å². The molecule has 1 aliphatic heterocycles. The number of halogens is 1. The molecule has 0 amide bonds. The van der Waals surface area contributed by atoms with Crippen molar-refractivity contribution in [2.24, 2.45) is 5.73 Å². The van der Waals surface area contributed by atoms with Crippen LogP contribution in [0.3, 0.4) is 0 Å². The fraction of sp³-hybridized carbons (Fsp3) is 0.280. The van der Waals surface area contributed by atoms with Gasteiger partial charge in [-0.1, -0.05) is 22.0 Å². The van der Waals surface area contributed by atoms with E-state index in [1.165, 1.54) is 7.11 Å². The molecule has 1 heterocycles. The lowest BCUT2D eigenvalue weighted by atomic mass is 9.75. The first-order valence-electron chi connectivity index (χ1n) is 10.5. The van der Waals surface area contributed by atoms with Gasteiger partial charge in [0.1, 0.15) is 5.82 Å². The molecule has 2 N–H and O–H groups in total. The fourth-order valence-electron chi connectivity index (χ4n) is 4.55. The molecule has 0 saturated carbocycles. The van der Waals surface area contributed by atoms with Crippen LogP contribution in [0.4, 0.5) is 5.69 Å². The van der Waals surface area contributed by atoms with Gasteiger partial charge in [-0.3, -0.25) is 9.69 Å². The number of anilines is 1. The first kappa shape index (κ1) is 22.9. The SMILES string of the molecule is COC(=O)C1=C(N)N(c2ccc(Br)cc2)C2=C(C(=O)CCC2)C1c1ccc(OC)c(OC)c1. The lowest BCUT2D eigenvalue weighted by Gasteiger charge is -2.40. The van der Waals surface area contributed by atoms with Gasteiger partial charge in [0.2, 0.25) is 0 Å². The molecule has 0 radical (unpaired) electrons. The normalized spacial score (nSPS) is 18.2. The molecule has 2 aliphatic rings. The summed E-state index contributed by atoms with van der Waals surface area (Å²) in [5, 5.41) is 0. The summed E-state index contributed by atoms with van der Waals surface area (Å²) in [7, 11) is 4.40. The molecule has 0 spiro atoms. The van der Waals surface area contributed by atoms with Crippen LogP contribution in [0.2, 0.25) is 0 Å². The number of methoxy groups -OCH3 is 3. The zero-order valence-corrected chi connectivity index (χ0v) is 20.3. The van der Waals surface area contributed by atoms with Crippen molar-refractivity contribution < 1.29 is 23.8 Å². The molecular formula is C25H25BrN2O5. The standard InChI is InChI=1S/C25H25BrN2O5/c1-31-19-12-7-14(13-20(19)32-2)21-22-17(5-4-6-18(22)29)28(16-10-8-15(26)9-11-16)24(27)23(21)25(30)33-3/h7-13,21H,4-6,27H2,1-3H3. The molecule has 1 aliphatic carbocycles. The van der Waals surface area contributed by atoms with Gasteiger partial charge in [0.25, 0.3) is 0 Å². The van der Waals surface area contributed by atoms with Crippen LogP contribution >= 0.6 is 15.9 Å². The van der Waals surface area contributed by atoms with Crippen molar-refractivity contribution >= 4 is 33.4 Å². The predicted molar refractivity (Wildman–Crippen MR) is 128 cm³/mol. The van der Waals surface area contributed by atoms with Crippen molar-refractivity contribution in [3.63, 3.8) is 0 Å². The van der Waals surface area contributed by atoms with E-state index >= 15 is 0 Å². The number of benzene rings is 2. The average Bonchev–Trinajstić information content (AvgIpc) is 2.83. The highest BCUT2D eigenvalue weighted by molar-refractivity contribution is 9.10. The zero-order valence-electron chi connectivity index (χ0n) is 18.7. The molecular weight excluding hydrogens is 488 g/mol. The molecule has 172 valence electrons. The second-order valence-corrected chi connectivity index (χ2v) is 8.70. The third-order valence-corrected chi connectivity index (χ3v) is 6.55. The van der Waals surface area contributed by atoms with E-state index in [0.29, 0.717) is 41.9 Å². The van der Waals surface area contributed by atoms with Gasteiger partial charge in [-0.25, -0.2) is 4.79 Å². The Balaban J connectivity index is 1.99. The molecule has 33 heavy (non-hydrogen) atoms. The highest BCUT2D eigenvalue weighted by Crippen LogP contribution is 2.48. The van der Waals surface area contributed by atoms with E-state index < -0.39 is 11.9 Å². The highest BCUT2D eigenvalue weighted by atomic mass is 79.9. The quantitative estimate of drug-likeness (QED) is 0.592. The number of esters is 1. The number of Topliss-reactive ketones (excluding diaryl/α,β-unsaturated/α-hetero) is 1. The van der Waals surface area contributed by atoms with Crippen LogP contribution in [0.5, 0.6) is 11.5 Å². The second kappa shape index (κ2) is 9.31. The number of carbonyl (C=O) groups is 2. The van der Waals surface area contributed by atoms with Gasteiger partial charge in [0.15, 0.2) is 17.3 Å². The van der Waals surface area contributed by atoms with Crippen molar-refractivity contribution in [2.45, 2.75) is 25.2 Å². The van der Waals surface area contributed by atoms with E-state index in [0.717, 1.165) is 15.9 Å². The summed E-state index contributed by atoms with van der Waals surface area (Å²) in [6.07, 6.45) is 1.78. The second-order valence-electron chi connectivity index (χ2n) is 7.79. The highest BCUT2D eigenvalue weighted by Gasteiger charge is 2.43. The van der Waals surface area contributed by atoms with E-state index in [-0.39, 0.29) is 17.2 Å². The van der Waals surface area contributed by atoms with Gasteiger partial charge in [-0.15, -0.1) is 0 Å². The van der Waals surface area contributed by atoms with Crippen LogP contribution in [0, 0.1) is 0 Å². The van der Waals surface area contributed by atoms with E-state index in [1.807, 2.05) is 35.2 Å². The molecule has 1 unspecified atom stereocenters. The molecule has 0 saturated heterocycles. The maximum atomic E-state index is 13.3. The van der Waals surface area contributed by atoms with Gasteiger partial charge in [-0.2, -0.15) is 0 Å². The molecule has 0 bridgehead atoms. The lowest BCUT2D eigenvalue weighted by molar-refractivity contribution is -0.136. The molecule has 2 aromatic carbocycles. The largest absolute Gasteiger partial charge is 0.493 e. The topological polar surface area (TPSA) is 91.1 Å². The summed E-state index contributed by atoms with van der Waals surface area (Å²) >= 11 is 3.45. The van der Waals surface area contributed by atoms with Crippen molar-refractivity contribution in [3.05, 3.63) is 75.2 Å². The smallest absolute Gasteiger partial charge is 0.338 e. The van der Waals surface area contributed by atoms with Crippen LogP contribution in [0.15, 0.2) is 69.6 Å². The van der Waals surface area contributed by atoms with E-state index in [4.69, 9.17) is 19.9 Å². The van der Waals surface area contributed by atoms with Gasteiger partial charge < -0.3 is 19.9 Å². The Kier molecular flexibility index (Phi) is 6.47.